The maximum Gasteiger partial charge on any atom is 0.178 e. The Labute approximate surface area is 117 Å². The molecular weight excluding hydrogens is 259 g/mol. The molecule has 3 rings (SSSR count). The molecule has 1 aromatic heterocycles. The van der Waals surface area contributed by atoms with E-state index in [4.69, 9.17) is 12.2 Å². The predicted molar refractivity (Wildman–Crippen MR) is 78.2 cm³/mol. The van der Waals surface area contributed by atoms with Crippen LogP contribution >= 0.6 is 12.2 Å². The number of nitrogens with one attached hydrogen (secondary N) is 1. The van der Waals surface area contributed by atoms with Gasteiger partial charge in [-0.25, -0.2) is 4.39 Å². The van der Waals surface area contributed by atoms with E-state index in [1.54, 1.807) is 6.07 Å². The Hall–Kier alpha value is -1.16. The number of nitrogens with zero attached hydrogens (tertiary/aromatic N) is 1. The number of para-hydroxylation sites is 1. The van der Waals surface area contributed by atoms with Gasteiger partial charge in [-0.1, -0.05) is 32.3 Å². The predicted octanol–water partition coefficient (Wildman–Crippen LogP) is 4.66. The van der Waals surface area contributed by atoms with Crippen LogP contribution in [0.15, 0.2) is 18.2 Å². The molecule has 1 aliphatic rings. The second-order valence-electron chi connectivity index (χ2n) is 5.70. The minimum Gasteiger partial charge on any atom is -0.328 e. The summed E-state index contributed by atoms with van der Waals surface area (Å²) in [6.07, 6.45) is 5.20. The zero-order valence-corrected chi connectivity index (χ0v) is 12.0. The molecule has 0 amide bonds. The molecule has 4 heteroatoms. The monoisotopic (exact) mass is 278 g/mol. The van der Waals surface area contributed by atoms with Crippen molar-refractivity contribution < 1.29 is 4.39 Å². The SMILES string of the molecule is CC1CCCCC1Cn1c(=S)[nH]c2c(F)cccc21. The van der Waals surface area contributed by atoms with Crippen molar-refractivity contribution in [2.75, 3.05) is 0 Å². The number of hydrogen-bond donors (Lipinski definition) is 1. The van der Waals surface area contributed by atoms with Crippen molar-refractivity contribution in [3.8, 4) is 0 Å². The fourth-order valence-electron chi connectivity index (χ4n) is 3.23. The van der Waals surface area contributed by atoms with Gasteiger partial charge in [0.25, 0.3) is 0 Å². The number of hydrogen-bond acceptors (Lipinski definition) is 1. The van der Waals surface area contributed by atoms with E-state index < -0.39 is 0 Å². The van der Waals surface area contributed by atoms with Gasteiger partial charge in [-0.15, -0.1) is 0 Å². The first-order chi connectivity index (χ1) is 9.16. The van der Waals surface area contributed by atoms with Gasteiger partial charge in [0.05, 0.1) is 5.52 Å². The standard InChI is InChI=1S/C15H19FN2S/c1-10-5-2-3-6-11(10)9-18-13-8-4-7-12(16)14(13)17-15(18)19/h4,7-8,10-11H,2-3,5-6,9H2,1H3,(H,17,19). The van der Waals surface area contributed by atoms with Crippen LogP contribution in [-0.4, -0.2) is 9.55 Å². The fourth-order valence-corrected chi connectivity index (χ4v) is 3.50. The van der Waals surface area contributed by atoms with Crippen LogP contribution in [0, 0.1) is 22.4 Å². The number of fused-ring (bicyclic) bond motifs is 1. The molecule has 102 valence electrons. The highest BCUT2D eigenvalue weighted by molar-refractivity contribution is 7.71. The number of H-pyrrole nitrogens is 1. The third kappa shape index (κ3) is 2.34. The molecule has 0 bridgehead atoms. The maximum atomic E-state index is 13.7. The summed E-state index contributed by atoms with van der Waals surface area (Å²) < 4.78 is 16.5. The highest BCUT2D eigenvalue weighted by Gasteiger charge is 2.22. The van der Waals surface area contributed by atoms with Gasteiger partial charge < -0.3 is 9.55 Å². The maximum absolute atomic E-state index is 13.7. The highest BCUT2D eigenvalue weighted by atomic mass is 32.1. The zero-order valence-electron chi connectivity index (χ0n) is 11.2. The van der Waals surface area contributed by atoms with Crippen LogP contribution in [0.1, 0.15) is 32.6 Å². The van der Waals surface area contributed by atoms with Crippen LogP contribution in [-0.2, 0) is 6.54 Å². The van der Waals surface area contributed by atoms with E-state index in [2.05, 4.69) is 16.5 Å². The number of halogens is 1. The summed E-state index contributed by atoms with van der Waals surface area (Å²) in [6, 6.07) is 5.17. The van der Waals surface area contributed by atoms with Crippen LogP contribution in [0.4, 0.5) is 4.39 Å². The topological polar surface area (TPSA) is 20.7 Å². The third-order valence-electron chi connectivity index (χ3n) is 4.47. The molecule has 2 aromatic rings. The van der Waals surface area contributed by atoms with Gasteiger partial charge in [-0.05, 0) is 42.6 Å². The number of imidazole rings is 1. The van der Waals surface area contributed by atoms with Crippen molar-refractivity contribution in [3.05, 3.63) is 28.8 Å². The molecule has 1 fully saturated rings. The first-order valence-electron chi connectivity index (χ1n) is 7.04. The van der Waals surface area contributed by atoms with E-state index >= 15 is 0 Å². The fraction of sp³-hybridized carbons (Fsp3) is 0.533. The number of aromatic nitrogens is 2. The van der Waals surface area contributed by atoms with Crippen LogP contribution < -0.4 is 0 Å². The minimum absolute atomic E-state index is 0.223. The lowest BCUT2D eigenvalue weighted by Gasteiger charge is -2.29. The molecule has 0 radical (unpaired) electrons. The Morgan fingerprint density at radius 2 is 2.16 bits per heavy atom. The molecule has 0 saturated heterocycles. The van der Waals surface area contributed by atoms with Crippen LogP contribution in [0.3, 0.4) is 0 Å². The molecule has 2 unspecified atom stereocenters. The van der Waals surface area contributed by atoms with Crippen LogP contribution in [0.5, 0.6) is 0 Å². The van der Waals surface area contributed by atoms with Gasteiger partial charge in [0.2, 0.25) is 0 Å². The lowest BCUT2D eigenvalue weighted by atomic mass is 9.80. The normalized spacial score (nSPS) is 23.9. The Morgan fingerprint density at radius 3 is 2.95 bits per heavy atom. The summed E-state index contributed by atoms with van der Waals surface area (Å²) in [6.45, 7) is 3.23. The summed E-state index contributed by atoms with van der Waals surface area (Å²) in [5.41, 5.74) is 1.43. The first kappa shape index (κ1) is 12.9. The lowest BCUT2D eigenvalue weighted by molar-refractivity contribution is 0.230. The van der Waals surface area contributed by atoms with Gasteiger partial charge >= 0.3 is 0 Å². The number of benzene rings is 1. The van der Waals surface area contributed by atoms with Crippen LogP contribution in [0.2, 0.25) is 0 Å². The van der Waals surface area contributed by atoms with Crippen molar-refractivity contribution in [1.82, 2.24) is 9.55 Å². The summed E-state index contributed by atoms with van der Waals surface area (Å²) in [5.74, 6) is 1.16. The van der Waals surface area contributed by atoms with Gasteiger partial charge in [0.15, 0.2) is 4.77 Å². The second kappa shape index (κ2) is 5.08. The van der Waals surface area contributed by atoms with E-state index in [1.807, 2.05) is 6.07 Å². The van der Waals surface area contributed by atoms with Crippen molar-refractivity contribution in [2.24, 2.45) is 11.8 Å². The lowest BCUT2D eigenvalue weighted by Crippen LogP contribution is -2.22. The Bertz CT molecular complexity index is 643. The summed E-state index contributed by atoms with van der Waals surface area (Å²) >= 11 is 5.36. The van der Waals surface area contributed by atoms with E-state index in [1.165, 1.54) is 31.7 Å². The van der Waals surface area contributed by atoms with Crippen LogP contribution in [0.25, 0.3) is 11.0 Å². The Morgan fingerprint density at radius 1 is 1.37 bits per heavy atom. The first-order valence-corrected chi connectivity index (χ1v) is 7.44. The van der Waals surface area contributed by atoms with Gasteiger partial charge in [0.1, 0.15) is 11.3 Å². The summed E-state index contributed by atoms with van der Waals surface area (Å²) in [7, 11) is 0. The minimum atomic E-state index is -0.223. The van der Waals surface area contributed by atoms with Crippen molar-refractivity contribution in [2.45, 2.75) is 39.2 Å². The largest absolute Gasteiger partial charge is 0.328 e. The molecule has 1 aromatic carbocycles. The smallest absolute Gasteiger partial charge is 0.178 e. The van der Waals surface area contributed by atoms with E-state index in [0.29, 0.717) is 16.2 Å². The molecule has 1 aliphatic carbocycles. The molecule has 2 nitrogen and oxygen atoms in total. The average molecular weight is 278 g/mol. The quantitative estimate of drug-likeness (QED) is 0.792. The van der Waals surface area contributed by atoms with Gasteiger partial charge in [-0.3, -0.25) is 0 Å². The number of rotatable bonds is 2. The van der Waals surface area contributed by atoms with Crippen molar-refractivity contribution in [3.63, 3.8) is 0 Å². The van der Waals surface area contributed by atoms with E-state index in [-0.39, 0.29) is 5.82 Å². The van der Waals surface area contributed by atoms with Gasteiger partial charge in [-0.2, -0.15) is 0 Å². The molecule has 19 heavy (non-hydrogen) atoms. The Balaban J connectivity index is 1.98. The molecule has 0 spiro atoms. The highest BCUT2D eigenvalue weighted by Crippen LogP contribution is 2.31. The molecule has 1 saturated carbocycles. The van der Waals surface area contributed by atoms with E-state index in [0.717, 1.165) is 18.0 Å². The molecule has 1 heterocycles. The molecule has 1 N–H and O–H groups in total. The third-order valence-corrected chi connectivity index (χ3v) is 4.79. The zero-order chi connectivity index (χ0) is 13.4. The Kier molecular flexibility index (Phi) is 3.44. The van der Waals surface area contributed by atoms with Crippen molar-refractivity contribution in [1.29, 1.82) is 0 Å². The molecule has 0 aliphatic heterocycles. The van der Waals surface area contributed by atoms with Crippen molar-refractivity contribution >= 4 is 23.3 Å². The molecule has 2 atom stereocenters. The van der Waals surface area contributed by atoms with Gasteiger partial charge in [0, 0.05) is 6.54 Å². The molecular formula is C15H19FN2S. The average Bonchev–Trinajstić information content (AvgIpc) is 2.71. The summed E-state index contributed by atoms with van der Waals surface area (Å²) in [4.78, 5) is 3.00. The second-order valence-corrected chi connectivity index (χ2v) is 6.08. The number of aromatic amines is 1. The summed E-state index contributed by atoms with van der Waals surface area (Å²) in [5, 5.41) is 0. The van der Waals surface area contributed by atoms with E-state index in [9.17, 15) is 4.39 Å².